The van der Waals surface area contributed by atoms with Crippen LogP contribution in [-0.4, -0.2) is 41.2 Å². The molecule has 1 rings (SSSR count). The SMILES string of the molecule is CCN(CC)CCNCc1nc(C)ccc1O. The first-order valence-corrected chi connectivity index (χ1v) is 6.26. The lowest BCUT2D eigenvalue weighted by Gasteiger charge is -2.18. The zero-order valence-electron chi connectivity index (χ0n) is 11.0. The van der Waals surface area contributed by atoms with E-state index in [9.17, 15) is 5.11 Å². The molecule has 0 amide bonds. The van der Waals surface area contributed by atoms with E-state index in [0.717, 1.165) is 37.6 Å². The number of likely N-dealkylation sites (N-methyl/N-ethyl adjacent to an activating group) is 1. The zero-order valence-corrected chi connectivity index (χ0v) is 11.0. The first-order chi connectivity index (χ1) is 8.17. The van der Waals surface area contributed by atoms with E-state index < -0.39 is 0 Å². The Balaban J connectivity index is 2.33. The Labute approximate surface area is 104 Å². The zero-order chi connectivity index (χ0) is 12.7. The van der Waals surface area contributed by atoms with Crippen molar-refractivity contribution in [2.75, 3.05) is 26.2 Å². The molecule has 0 aliphatic heterocycles. The smallest absolute Gasteiger partial charge is 0.138 e. The van der Waals surface area contributed by atoms with Gasteiger partial charge in [-0.1, -0.05) is 13.8 Å². The lowest BCUT2D eigenvalue weighted by atomic mass is 10.3. The van der Waals surface area contributed by atoms with Gasteiger partial charge in [-0.2, -0.15) is 0 Å². The molecule has 0 fully saturated rings. The fraction of sp³-hybridized carbons (Fsp3) is 0.615. The van der Waals surface area contributed by atoms with Gasteiger partial charge in [0.15, 0.2) is 0 Å². The average Bonchev–Trinajstić information content (AvgIpc) is 2.33. The minimum absolute atomic E-state index is 0.269. The van der Waals surface area contributed by atoms with Crippen LogP contribution in [0.4, 0.5) is 0 Å². The van der Waals surface area contributed by atoms with Crippen molar-refractivity contribution >= 4 is 0 Å². The van der Waals surface area contributed by atoms with Crippen molar-refractivity contribution in [1.29, 1.82) is 0 Å². The summed E-state index contributed by atoms with van der Waals surface area (Å²) in [5, 5.41) is 12.9. The van der Waals surface area contributed by atoms with E-state index in [1.165, 1.54) is 0 Å². The first-order valence-electron chi connectivity index (χ1n) is 6.26. The quantitative estimate of drug-likeness (QED) is 0.706. The molecule has 1 heterocycles. The molecule has 0 saturated carbocycles. The lowest BCUT2D eigenvalue weighted by Crippen LogP contribution is -2.31. The number of hydrogen-bond acceptors (Lipinski definition) is 4. The summed E-state index contributed by atoms with van der Waals surface area (Å²) in [5.74, 6) is 0.269. The summed E-state index contributed by atoms with van der Waals surface area (Å²) in [6, 6.07) is 3.51. The number of nitrogens with zero attached hydrogens (tertiary/aromatic N) is 2. The fourth-order valence-corrected chi connectivity index (χ4v) is 1.72. The van der Waals surface area contributed by atoms with Crippen molar-refractivity contribution in [3.63, 3.8) is 0 Å². The molecule has 0 aromatic carbocycles. The van der Waals surface area contributed by atoms with E-state index in [0.29, 0.717) is 6.54 Å². The third-order valence-electron chi connectivity index (χ3n) is 2.88. The van der Waals surface area contributed by atoms with Crippen molar-refractivity contribution in [3.05, 3.63) is 23.5 Å². The topological polar surface area (TPSA) is 48.4 Å². The predicted octanol–water partition coefficient (Wildman–Crippen LogP) is 1.53. The summed E-state index contributed by atoms with van der Waals surface area (Å²) in [5.41, 5.74) is 1.66. The summed E-state index contributed by atoms with van der Waals surface area (Å²) in [6.07, 6.45) is 0. The molecule has 0 atom stereocenters. The molecule has 17 heavy (non-hydrogen) atoms. The van der Waals surface area contributed by atoms with Crippen LogP contribution in [-0.2, 0) is 6.54 Å². The second-order valence-electron chi connectivity index (χ2n) is 4.12. The maximum atomic E-state index is 9.62. The van der Waals surface area contributed by atoms with Gasteiger partial charge in [-0.15, -0.1) is 0 Å². The number of aromatic nitrogens is 1. The molecular weight excluding hydrogens is 214 g/mol. The summed E-state index contributed by atoms with van der Waals surface area (Å²) < 4.78 is 0. The number of aromatic hydroxyl groups is 1. The molecule has 0 aliphatic carbocycles. The van der Waals surface area contributed by atoms with Gasteiger partial charge in [0.25, 0.3) is 0 Å². The summed E-state index contributed by atoms with van der Waals surface area (Å²) in [7, 11) is 0. The van der Waals surface area contributed by atoms with E-state index in [4.69, 9.17) is 0 Å². The fourth-order valence-electron chi connectivity index (χ4n) is 1.72. The minimum atomic E-state index is 0.269. The third-order valence-corrected chi connectivity index (χ3v) is 2.88. The number of pyridine rings is 1. The highest BCUT2D eigenvalue weighted by Crippen LogP contribution is 2.13. The standard InChI is InChI=1S/C13H23N3O/c1-4-16(5-2)9-8-14-10-12-13(17)7-6-11(3)15-12/h6-7,14,17H,4-5,8-10H2,1-3H3. The van der Waals surface area contributed by atoms with Gasteiger partial charge in [-0.3, -0.25) is 4.98 Å². The van der Waals surface area contributed by atoms with E-state index in [1.807, 2.05) is 13.0 Å². The Morgan fingerprint density at radius 1 is 1.29 bits per heavy atom. The highest BCUT2D eigenvalue weighted by molar-refractivity contribution is 5.27. The van der Waals surface area contributed by atoms with E-state index >= 15 is 0 Å². The molecule has 0 bridgehead atoms. The number of hydrogen-bond donors (Lipinski definition) is 2. The van der Waals surface area contributed by atoms with Crippen LogP contribution < -0.4 is 5.32 Å². The van der Waals surface area contributed by atoms with Gasteiger partial charge in [0.05, 0.1) is 5.69 Å². The molecule has 0 unspecified atom stereocenters. The molecule has 4 heteroatoms. The highest BCUT2D eigenvalue weighted by atomic mass is 16.3. The lowest BCUT2D eigenvalue weighted by molar-refractivity contribution is 0.301. The van der Waals surface area contributed by atoms with Crippen molar-refractivity contribution in [2.24, 2.45) is 0 Å². The summed E-state index contributed by atoms with van der Waals surface area (Å²) in [4.78, 5) is 6.66. The molecule has 4 nitrogen and oxygen atoms in total. The van der Waals surface area contributed by atoms with Gasteiger partial charge in [0.1, 0.15) is 5.75 Å². The van der Waals surface area contributed by atoms with Gasteiger partial charge >= 0.3 is 0 Å². The van der Waals surface area contributed by atoms with Crippen LogP contribution in [0, 0.1) is 6.92 Å². The summed E-state index contributed by atoms with van der Waals surface area (Å²) >= 11 is 0. The Hall–Kier alpha value is -1.13. The Morgan fingerprint density at radius 3 is 2.65 bits per heavy atom. The van der Waals surface area contributed by atoms with Gasteiger partial charge in [-0.25, -0.2) is 0 Å². The largest absolute Gasteiger partial charge is 0.506 e. The van der Waals surface area contributed by atoms with Crippen LogP contribution in [0.2, 0.25) is 0 Å². The monoisotopic (exact) mass is 237 g/mol. The highest BCUT2D eigenvalue weighted by Gasteiger charge is 2.03. The van der Waals surface area contributed by atoms with Crippen LogP contribution in [0.15, 0.2) is 12.1 Å². The number of nitrogens with one attached hydrogen (secondary N) is 1. The van der Waals surface area contributed by atoms with Gasteiger partial charge in [0, 0.05) is 25.3 Å². The Morgan fingerprint density at radius 2 is 2.00 bits per heavy atom. The normalized spacial score (nSPS) is 11.1. The van der Waals surface area contributed by atoms with Gasteiger partial charge < -0.3 is 15.3 Å². The van der Waals surface area contributed by atoms with Crippen molar-refractivity contribution in [2.45, 2.75) is 27.3 Å². The minimum Gasteiger partial charge on any atom is -0.506 e. The Bertz CT molecular complexity index is 337. The molecule has 0 radical (unpaired) electrons. The molecule has 2 N–H and O–H groups in total. The van der Waals surface area contributed by atoms with Crippen LogP contribution in [0.5, 0.6) is 5.75 Å². The van der Waals surface area contributed by atoms with E-state index in [-0.39, 0.29) is 5.75 Å². The molecule has 0 saturated heterocycles. The van der Waals surface area contributed by atoms with E-state index in [2.05, 4.69) is 29.0 Å². The molecule has 96 valence electrons. The van der Waals surface area contributed by atoms with E-state index in [1.54, 1.807) is 6.07 Å². The molecule has 1 aromatic rings. The first kappa shape index (κ1) is 13.9. The van der Waals surface area contributed by atoms with Crippen molar-refractivity contribution < 1.29 is 5.11 Å². The van der Waals surface area contributed by atoms with Crippen LogP contribution in [0.3, 0.4) is 0 Å². The molecular formula is C13H23N3O. The van der Waals surface area contributed by atoms with Crippen molar-refractivity contribution in [3.8, 4) is 5.75 Å². The number of rotatable bonds is 7. The van der Waals surface area contributed by atoms with Gasteiger partial charge in [-0.05, 0) is 32.1 Å². The second kappa shape index (κ2) is 7.25. The van der Waals surface area contributed by atoms with Crippen LogP contribution in [0.1, 0.15) is 25.2 Å². The maximum absolute atomic E-state index is 9.62. The predicted molar refractivity (Wildman–Crippen MR) is 70.1 cm³/mol. The van der Waals surface area contributed by atoms with Crippen LogP contribution in [0.25, 0.3) is 0 Å². The Kier molecular flexibility index (Phi) is 5.94. The average molecular weight is 237 g/mol. The molecule has 1 aromatic heterocycles. The summed E-state index contributed by atoms with van der Waals surface area (Å²) in [6.45, 7) is 11.0. The van der Waals surface area contributed by atoms with Crippen molar-refractivity contribution in [1.82, 2.24) is 15.2 Å². The van der Waals surface area contributed by atoms with Crippen LogP contribution >= 0.6 is 0 Å². The number of aryl methyl sites for hydroxylation is 1. The molecule has 0 spiro atoms. The third kappa shape index (κ3) is 4.71. The maximum Gasteiger partial charge on any atom is 0.138 e. The van der Waals surface area contributed by atoms with Gasteiger partial charge in [0.2, 0.25) is 0 Å². The second-order valence-corrected chi connectivity index (χ2v) is 4.12. The molecule has 0 aliphatic rings.